The van der Waals surface area contributed by atoms with Crippen LogP contribution < -0.4 is 5.69 Å². The molecule has 0 aliphatic heterocycles. The van der Waals surface area contributed by atoms with E-state index in [0.717, 1.165) is 10.6 Å². The van der Waals surface area contributed by atoms with E-state index >= 15 is 0 Å². The first kappa shape index (κ1) is 6.09. The van der Waals surface area contributed by atoms with Crippen molar-refractivity contribution in [2.24, 2.45) is 0 Å². The van der Waals surface area contributed by atoms with Gasteiger partial charge in [0.1, 0.15) is 0 Å². The Morgan fingerprint density at radius 2 is 2.45 bits per heavy atom. The first-order chi connectivity index (χ1) is 5.29. The second kappa shape index (κ2) is 1.91. The summed E-state index contributed by atoms with van der Waals surface area (Å²) in [6.07, 6.45) is 3.76. The van der Waals surface area contributed by atoms with E-state index in [1.807, 2.05) is 0 Å². The second-order valence-corrected chi connectivity index (χ2v) is 2.06. The topological polar surface area (TPSA) is 50.2 Å². The zero-order valence-electron chi connectivity index (χ0n) is 5.41. The standard InChI is InChI=1S/C6H4FN3O/c7-4-3-9-6(11)10-2-1-8-5(4)10/h1-3H,(H,9,11). The van der Waals surface area contributed by atoms with Crippen molar-refractivity contribution in [2.75, 3.05) is 0 Å². The van der Waals surface area contributed by atoms with Gasteiger partial charge in [-0.1, -0.05) is 0 Å². The van der Waals surface area contributed by atoms with Crippen LogP contribution in [-0.2, 0) is 0 Å². The van der Waals surface area contributed by atoms with Crippen LogP contribution in [0.3, 0.4) is 0 Å². The number of hydrogen-bond acceptors (Lipinski definition) is 2. The Labute approximate surface area is 60.3 Å². The van der Waals surface area contributed by atoms with Crippen molar-refractivity contribution in [2.45, 2.75) is 0 Å². The van der Waals surface area contributed by atoms with E-state index in [1.165, 1.54) is 12.4 Å². The molecule has 0 fully saturated rings. The zero-order valence-corrected chi connectivity index (χ0v) is 5.41. The van der Waals surface area contributed by atoms with E-state index in [0.29, 0.717) is 0 Å². The van der Waals surface area contributed by atoms with Crippen LogP contribution in [0.4, 0.5) is 4.39 Å². The van der Waals surface area contributed by atoms with Gasteiger partial charge < -0.3 is 4.98 Å². The zero-order chi connectivity index (χ0) is 7.84. The van der Waals surface area contributed by atoms with Gasteiger partial charge in [-0.25, -0.2) is 18.6 Å². The monoisotopic (exact) mass is 153 g/mol. The van der Waals surface area contributed by atoms with Crippen LogP contribution in [-0.4, -0.2) is 14.4 Å². The summed E-state index contributed by atoms with van der Waals surface area (Å²) in [6, 6.07) is 0. The quantitative estimate of drug-likeness (QED) is 0.586. The fraction of sp³-hybridized carbons (Fsp3) is 0. The minimum atomic E-state index is -0.533. The van der Waals surface area contributed by atoms with Crippen molar-refractivity contribution in [1.82, 2.24) is 14.4 Å². The van der Waals surface area contributed by atoms with E-state index in [4.69, 9.17) is 0 Å². The molecule has 56 valence electrons. The number of aromatic nitrogens is 3. The molecule has 0 aliphatic carbocycles. The van der Waals surface area contributed by atoms with E-state index < -0.39 is 5.82 Å². The predicted molar refractivity (Wildman–Crippen MR) is 35.8 cm³/mol. The molecule has 0 saturated carbocycles. The lowest BCUT2D eigenvalue weighted by Gasteiger charge is -1.90. The van der Waals surface area contributed by atoms with Crippen LogP contribution in [0.2, 0.25) is 0 Å². The van der Waals surface area contributed by atoms with Gasteiger partial charge in [-0.05, 0) is 0 Å². The Morgan fingerprint density at radius 1 is 1.64 bits per heavy atom. The van der Waals surface area contributed by atoms with E-state index in [-0.39, 0.29) is 11.3 Å². The summed E-state index contributed by atoms with van der Waals surface area (Å²) in [5, 5.41) is 0. The molecule has 5 heteroatoms. The number of aromatic amines is 1. The van der Waals surface area contributed by atoms with Gasteiger partial charge >= 0.3 is 5.69 Å². The van der Waals surface area contributed by atoms with Crippen molar-refractivity contribution >= 4 is 5.65 Å². The number of nitrogens with one attached hydrogen (secondary N) is 1. The van der Waals surface area contributed by atoms with Crippen molar-refractivity contribution in [1.29, 1.82) is 0 Å². The number of fused-ring (bicyclic) bond motifs is 1. The molecule has 2 heterocycles. The average molecular weight is 153 g/mol. The SMILES string of the molecule is O=c1[nH]cc(F)c2nccn12. The molecule has 0 amide bonds. The Hall–Kier alpha value is -1.65. The molecule has 0 atom stereocenters. The van der Waals surface area contributed by atoms with Crippen molar-refractivity contribution in [3.8, 4) is 0 Å². The molecule has 2 rings (SSSR count). The highest BCUT2D eigenvalue weighted by atomic mass is 19.1. The first-order valence-electron chi connectivity index (χ1n) is 2.99. The predicted octanol–water partition coefficient (Wildman–Crippen LogP) is 0.162. The van der Waals surface area contributed by atoms with Crippen LogP contribution in [0.1, 0.15) is 0 Å². The molecular weight excluding hydrogens is 149 g/mol. The molecule has 0 bridgehead atoms. The lowest BCUT2D eigenvalue weighted by Crippen LogP contribution is -2.15. The third-order valence-electron chi connectivity index (χ3n) is 1.40. The van der Waals surface area contributed by atoms with Gasteiger partial charge in [0, 0.05) is 18.6 Å². The summed E-state index contributed by atoms with van der Waals surface area (Å²) >= 11 is 0. The van der Waals surface area contributed by atoms with Gasteiger partial charge in [0.2, 0.25) is 0 Å². The third-order valence-corrected chi connectivity index (χ3v) is 1.40. The third kappa shape index (κ3) is 0.739. The van der Waals surface area contributed by atoms with Gasteiger partial charge in [0.25, 0.3) is 0 Å². The molecule has 0 spiro atoms. The maximum atomic E-state index is 12.7. The second-order valence-electron chi connectivity index (χ2n) is 2.06. The highest BCUT2D eigenvalue weighted by Gasteiger charge is 2.02. The van der Waals surface area contributed by atoms with Crippen LogP contribution in [0.15, 0.2) is 23.4 Å². The highest BCUT2D eigenvalue weighted by Crippen LogP contribution is 1.99. The van der Waals surface area contributed by atoms with Crippen LogP contribution in [0, 0.1) is 5.82 Å². The summed E-state index contributed by atoms with van der Waals surface area (Å²) in [6.45, 7) is 0. The van der Waals surface area contributed by atoms with E-state index in [9.17, 15) is 9.18 Å². The van der Waals surface area contributed by atoms with E-state index in [1.54, 1.807) is 0 Å². The lowest BCUT2D eigenvalue weighted by atomic mass is 10.6. The number of rotatable bonds is 0. The summed E-state index contributed by atoms with van der Waals surface area (Å²) in [7, 11) is 0. The summed E-state index contributed by atoms with van der Waals surface area (Å²) in [4.78, 5) is 16.8. The summed E-state index contributed by atoms with van der Waals surface area (Å²) in [5.41, 5.74) is -0.340. The summed E-state index contributed by atoms with van der Waals surface area (Å²) < 4.78 is 13.9. The molecule has 1 N–H and O–H groups in total. The molecule has 2 aromatic rings. The molecule has 4 nitrogen and oxygen atoms in total. The molecule has 0 radical (unpaired) electrons. The average Bonchev–Trinajstić information content (AvgIpc) is 2.45. The lowest BCUT2D eigenvalue weighted by molar-refractivity contribution is 0.619. The van der Waals surface area contributed by atoms with Crippen molar-refractivity contribution < 1.29 is 4.39 Å². The van der Waals surface area contributed by atoms with Crippen LogP contribution in [0.25, 0.3) is 5.65 Å². The molecule has 11 heavy (non-hydrogen) atoms. The molecule has 2 aromatic heterocycles. The maximum absolute atomic E-state index is 12.7. The first-order valence-corrected chi connectivity index (χ1v) is 2.99. The van der Waals surface area contributed by atoms with Gasteiger partial charge in [-0.3, -0.25) is 0 Å². The van der Waals surface area contributed by atoms with Gasteiger partial charge in [0.05, 0.1) is 0 Å². The van der Waals surface area contributed by atoms with Crippen molar-refractivity contribution in [3.63, 3.8) is 0 Å². The molecule has 0 aliphatic rings. The molecular formula is C6H4FN3O. The Bertz CT molecular complexity index is 444. The van der Waals surface area contributed by atoms with E-state index in [2.05, 4.69) is 9.97 Å². The minimum absolute atomic E-state index is 0.0498. The Morgan fingerprint density at radius 3 is 3.18 bits per heavy atom. The summed E-state index contributed by atoms with van der Waals surface area (Å²) in [5.74, 6) is -0.533. The van der Waals surface area contributed by atoms with Crippen LogP contribution in [0.5, 0.6) is 0 Å². The largest absolute Gasteiger partial charge is 0.331 e. The maximum Gasteiger partial charge on any atom is 0.331 e. The molecule has 0 aromatic carbocycles. The number of H-pyrrole nitrogens is 1. The highest BCUT2D eigenvalue weighted by molar-refractivity contribution is 5.37. The Balaban J connectivity index is 3.08. The normalized spacial score (nSPS) is 10.6. The smallest absolute Gasteiger partial charge is 0.311 e. The minimum Gasteiger partial charge on any atom is -0.311 e. The van der Waals surface area contributed by atoms with Crippen LogP contribution >= 0.6 is 0 Å². The van der Waals surface area contributed by atoms with Gasteiger partial charge in [-0.15, -0.1) is 0 Å². The van der Waals surface area contributed by atoms with Gasteiger partial charge in [-0.2, -0.15) is 0 Å². The number of nitrogens with zero attached hydrogens (tertiary/aromatic N) is 2. The fourth-order valence-electron chi connectivity index (χ4n) is 0.903. The number of imidazole rings is 1. The Kier molecular flexibility index (Phi) is 1.06. The van der Waals surface area contributed by atoms with Gasteiger partial charge in [0.15, 0.2) is 11.5 Å². The van der Waals surface area contributed by atoms with Crippen molar-refractivity contribution in [3.05, 3.63) is 34.9 Å². The fourth-order valence-corrected chi connectivity index (χ4v) is 0.903. The molecule has 0 unspecified atom stereocenters. The number of hydrogen-bond donors (Lipinski definition) is 1. The molecule has 0 saturated heterocycles. The number of halogens is 1.